The molecule has 27 heavy (non-hydrogen) atoms. The van der Waals surface area contributed by atoms with Crippen molar-refractivity contribution in [3.63, 3.8) is 0 Å². The summed E-state index contributed by atoms with van der Waals surface area (Å²) in [4.78, 5) is 12.4. The van der Waals surface area contributed by atoms with Gasteiger partial charge in [0.2, 0.25) is 5.16 Å². The van der Waals surface area contributed by atoms with Crippen LogP contribution >= 0.6 is 11.8 Å². The third-order valence-corrected chi connectivity index (χ3v) is 4.69. The van der Waals surface area contributed by atoms with Crippen LogP contribution in [0, 0.1) is 13.8 Å². The summed E-state index contributed by atoms with van der Waals surface area (Å²) >= 11 is 1.21. The lowest BCUT2D eigenvalue weighted by atomic mass is 10.1. The van der Waals surface area contributed by atoms with Gasteiger partial charge in [-0.2, -0.15) is 13.5 Å². The lowest BCUT2D eigenvalue weighted by molar-refractivity contribution is -0.0498. The molecular formula is C18H16F2N4O2S. The van der Waals surface area contributed by atoms with Gasteiger partial charge in [-0.1, -0.05) is 23.9 Å². The van der Waals surface area contributed by atoms with E-state index in [9.17, 15) is 13.6 Å². The second kappa shape index (κ2) is 8.26. The molecule has 0 saturated heterocycles. The highest BCUT2D eigenvalue weighted by molar-refractivity contribution is 7.99. The van der Waals surface area contributed by atoms with Gasteiger partial charge in [0.15, 0.2) is 5.78 Å². The summed E-state index contributed by atoms with van der Waals surface area (Å²) in [7, 11) is 0. The molecule has 0 amide bonds. The standard InChI is InChI=1S/C18H16F2N4O2S/c1-11-3-4-12(2)15(9-11)24-18(21-22-23-24)27-10-16(25)13-5-7-14(8-6-13)26-17(19)20/h3-9,17H,10H2,1-2H3. The monoisotopic (exact) mass is 390 g/mol. The number of rotatable bonds is 7. The molecule has 0 aliphatic heterocycles. The predicted octanol–water partition coefficient (Wildman–Crippen LogP) is 3.86. The summed E-state index contributed by atoms with van der Waals surface area (Å²) in [6, 6.07) is 11.5. The summed E-state index contributed by atoms with van der Waals surface area (Å²) in [5.74, 6) is -0.0486. The number of carbonyl (C=O) groups excluding carboxylic acids is 1. The Morgan fingerprint density at radius 2 is 1.93 bits per heavy atom. The number of nitrogens with zero attached hydrogens (tertiary/aromatic N) is 4. The molecule has 0 spiro atoms. The van der Waals surface area contributed by atoms with Crippen molar-refractivity contribution in [3.05, 3.63) is 59.2 Å². The van der Waals surface area contributed by atoms with Crippen LogP contribution < -0.4 is 4.74 Å². The number of halogens is 2. The van der Waals surface area contributed by atoms with E-state index in [0.717, 1.165) is 16.8 Å². The number of tetrazole rings is 1. The Morgan fingerprint density at radius 1 is 1.19 bits per heavy atom. The Morgan fingerprint density at radius 3 is 2.63 bits per heavy atom. The van der Waals surface area contributed by atoms with Crippen LogP contribution in [0.5, 0.6) is 5.75 Å². The Hall–Kier alpha value is -2.81. The molecule has 1 heterocycles. The highest BCUT2D eigenvalue weighted by Crippen LogP contribution is 2.23. The maximum atomic E-state index is 12.4. The number of Topliss-reactive ketones (excluding diaryl/α,β-unsaturated/α-hetero) is 1. The van der Waals surface area contributed by atoms with Gasteiger partial charge in [-0.05, 0) is 65.7 Å². The summed E-state index contributed by atoms with van der Waals surface area (Å²) < 4.78 is 30.2. The van der Waals surface area contributed by atoms with Crippen molar-refractivity contribution >= 4 is 17.5 Å². The molecule has 3 aromatic rings. The van der Waals surface area contributed by atoms with Crippen LogP contribution in [-0.4, -0.2) is 38.4 Å². The van der Waals surface area contributed by atoms with Gasteiger partial charge in [0.1, 0.15) is 5.75 Å². The van der Waals surface area contributed by atoms with Crippen LogP contribution in [-0.2, 0) is 0 Å². The molecule has 9 heteroatoms. The Balaban J connectivity index is 1.70. The summed E-state index contributed by atoms with van der Waals surface area (Å²) in [5.41, 5.74) is 3.33. The molecule has 6 nitrogen and oxygen atoms in total. The molecule has 3 rings (SSSR count). The first-order valence-corrected chi connectivity index (χ1v) is 8.99. The molecule has 0 aliphatic carbocycles. The Bertz CT molecular complexity index is 945. The average molecular weight is 390 g/mol. The van der Waals surface area contributed by atoms with Crippen LogP contribution in [0.15, 0.2) is 47.6 Å². The molecule has 0 N–H and O–H groups in total. The zero-order chi connectivity index (χ0) is 19.4. The van der Waals surface area contributed by atoms with Crippen LogP contribution in [0.4, 0.5) is 8.78 Å². The number of hydrogen-bond donors (Lipinski definition) is 0. The van der Waals surface area contributed by atoms with Crippen molar-refractivity contribution < 1.29 is 18.3 Å². The van der Waals surface area contributed by atoms with E-state index in [1.54, 1.807) is 4.68 Å². The molecule has 0 bridgehead atoms. The molecule has 2 aromatic carbocycles. The van der Waals surface area contributed by atoms with E-state index in [4.69, 9.17) is 0 Å². The normalized spacial score (nSPS) is 11.0. The molecule has 0 radical (unpaired) electrons. The lowest BCUT2D eigenvalue weighted by Gasteiger charge is -2.08. The maximum Gasteiger partial charge on any atom is 0.387 e. The van der Waals surface area contributed by atoms with Crippen molar-refractivity contribution in [2.75, 3.05) is 5.75 Å². The second-order valence-corrected chi connectivity index (χ2v) is 6.72. The van der Waals surface area contributed by atoms with Crippen molar-refractivity contribution in [1.29, 1.82) is 0 Å². The number of aryl methyl sites for hydroxylation is 2. The number of ether oxygens (including phenoxy) is 1. The van der Waals surface area contributed by atoms with E-state index in [1.165, 1.54) is 36.0 Å². The molecule has 0 aliphatic rings. The lowest BCUT2D eigenvalue weighted by Crippen LogP contribution is -2.06. The molecule has 0 atom stereocenters. The van der Waals surface area contributed by atoms with Crippen molar-refractivity contribution in [2.24, 2.45) is 0 Å². The van der Waals surface area contributed by atoms with Crippen molar-refractivity contribution in [1.82, 2.24) is 20.2 Å². The number of carbonyl (C=O) groups is 1. The van der Waals surface area contributed by atoms with Gasteiger partial charge in [-0.15, -0.1) is 5.10 Å². The van der Waals surface area contributed by atoms with E-state index in [0.29, 0.717) is 10.7 Å². The van der Waals surface area contributed by atoms with Crippen LogP contribution in [0.3, 0.4) is 0 Å². The quantitative estimate of drug-likeness (QED) is 0.451. The Labute approximate surface area is 158 Å². The van der Waals surface area contributed by atoms with Crippen molar-refractivity contribution in [3.8, 4) is 11.4 Å². The molecular weight excluding hydrogens is 374 g/mol. The van der Waals surface area contributed by atoms with Gasteiger partial charge < -0.3 is 4.74 Å². The predicted molar refractivity (Wildman–Crippen MR) is 96.8 cm³/mol. The highest BCUT2D eigenvalue weighted by atomic mass is 32.2. The van der Waals surface area contributed by atoms with E-state index < -0.39 is 6.61 Å². The van der Waals surface area contributed by atoms with Gasteiger partial charge >= 0.3 is 6.61 Å². The second-order valence-electron chi connectivity index (χ2n) is 5.78. The van der Waals surface area contributed by atoms with Gasteiger partial charge in [-0.25, -0.2) is 0 Å². The summed E-state index contributed by atoms with van der Waals surface area (Å²) in [6.45, 7) is 1.04. The van der Waals surface area contributed by atoms with Crippen molar-refractivity contribution in [2.45, 2.75) is 25.6 Å². The number of thioether (sulfide) groups is 1. The summed E-state index contributed by atoms with van der Waals surface area (Å²) in [5, 5.41) is 12.2. The average Bonchev–Trinajstić information content (AvgIpc) is 3.10. The molecule has 0 unspecified atom stereocenters. The number of aromatic nitrogens is 4. The number of ketones is 1. The minimum absolute atomic E-state index is 0.00747. The fourth-order valence-electron chi connectivity index (χ4n) is 2.40. The zero-order valence-corrected chi connectivity index (χ0v) is 15.4. The maximum absolute atomic E-state index is 12.4. The minimum atomic E-state index is -2.90. The smallest absolute Gasteiger partial charge is 0.387 e. The fraction of sp³-hybridized carbons (Fsp3) is 0.222. The van der Waals surface area contributed by atoms with Crippen LogP contribution in [0.2, 0.25) is 0 Å². The third kappa shape index (κ3) is 4.68. The van der Waals surface area contributed by atoms with E-state index in [2.05, 4.69) is 20.3 Å². The van der Waals surface area contributed by atoms with Crippen LogP contribution in [0.25, 0.3) is 5.69 Å². The SMILES string of the molecule is Cc1ccc(C)c(-n2nnnc2SCC(=O)c2ccc(OC(F)F)cc2)c1. The van der Waals surface area contributed by atoms with Gasteiger partial charge in [-0.3, -0.25) is 4.79 Å². The molecule has 0 saturated carbocycles. The van der Waals surface area contributed by atoms with E-state index in [-0.39, 0.29) is 17.3 Å². The highest BCUT2D eigenvalue weighted by Gasteiger charge is 2.14. The molecule has 1 aromatic heterocycles. The first kappa shape index (κ1) is 19.0. The van der Waals surface area contributed by atoms with E-state index >= 15 is 0 Å². The minimum Gasteiger partial charge on any atom is -0.435 e. The number of benzene rings is 2. The summed E-state index contributed by atoms with van der Waals surface area (Å²) in [6.07, 6.45) is 0. The van der Waals surface area contributed by atoms with Crippen LogP contribution in [0.1, 0.15) is 21.5 Å². The fourth-order valence-corrected chi connectivity index (χ4v) is 3.18. The topological polar surface area (TPSA) is 69.9 Å². The number of alkyl halides is 2. The molecule has 140 valence electrons. The largest absolute Gasteiger partial charge is 0.435 e. The first-order valence-electron chi connectivity index (χ1n) is 8.01. The van der Waals surface area contributed by atoms with Gasteiger partial charge in [0, 0.05) is 5.56 Å². The Kier molecular flexibility index (Phi) is 5.80. The van der Waals surface area contributed by atoms with Gasteiger partial charge in [0.25, 0.3) is 0 Å². The van der Waals surface area contributed by atoms with Gasteiger partial charge in [0.05, 0.1) is 11.4 Å². The first-order chi connectivity index (χ1) is 12.9. The third-order valence-electron chi connectivity index (χ3n) is 3.77. The molecule has 0 fully saturated rings. The number of hydrogen-bond acceptors (Lipinski definition) is 6. The zero-order valence-electron chi connectivity index (χ0n) is 14.6. The van der Waals surface area contributed by atoms with E-state index in [1.807, 2.05) is 32.0 Å².